The van der Waals surface area contributed by atoms with Gasteiger partial charge in [0.25, 0.3) is 0 Å². The van der Waals surface area contributed by atoms with Gasteiger partial charge in [0, 0.05) is 24.3 Å². The molecule has 1 N–H and O–H groups in total. The molecular weight excluding hydrogens is 373 g/mol. The first-order chi connectivity index (χ1) is 13.8. The van der Waals surface area contributed by atoms with Gasteiger partial charge in [-0.25, -0.2) is 14.4 Å². The molecule has 3 rings (SSSR count). The van der Waals surface area contributed by atoms with E-state index in [0.29, 0.717) is 17.0 Å². The number of carbonyl (C=O) groups excluding carboxylic acids is 3. The molecule has 2 atom stereocenters. The minimum Gasteiger partial charge on any atom is -0.345 e. The molecule has 0 saturated heterocycles. The molecule has 1 saturated carbocycles. The van der Waals surface area contributed by atoms with E-state index in [4.69, 9.17) is 6.42 Å². The first-order valence-electron chi connectivity index (χ1n) is 9.17. The SMILES string of the molecule is C#CCNC(=O)CC1CC(=O)C(c2c(C)cc(-c3ncc(F)cn3)cc2C)C1=O. The van der Waals surface area contributed by atoms with E-state index in [9.17, 15) is 18.8 Å². The number of aryl methyl sites for hydroxylation is 2. The van der Waals surface area contributed by atoms with Crippen LogP contribution in [-0.4, -0.2) is 34.0 Å². The van der Waals surface area contributed by atoms with E-state index in [0.717, 1.165) is 23.5 Å². The van der Waals surface area contributed by atoms with Crippen LogP contribution in [0.5, 0.6) is 0 Å². The van der Waals surface area contributed by atoms with Crippen molar-refractivity contribution in [3.05, 3.63) is 47.0 Å². The summed E-state index contributed by atoms with van der Waals surface area (Å²) in [6, 6.07) is 3.56. The zero-order chi connectivity index (χ0) is 21.1. The predicted octanol–water partition coefficient (Wildman–Crippen LogP) is 2.28. The minimum atomic E-state index is -0.886. The third-order valence-electron chi connectivity index (χ3n) is 5.04. The van der Waals surface area contributed by atoms with Gasteiger partial charge in [0.1, 0.15) is 11.7 Å². The van der Waals surface area contributed by atoms with E-state index >= 15 is 0 Å². The lowest BCUT2D eigenvalue weighted by atomic mass is 9.86. The highest BCUT2D eigenvalue weighted by Crippen LogP contribution is 2.38. The van der Waals surface area contributed by atoms with Crippen LogP contribution in [0.2, 0.25) is 0 Å². The van der Waals surface area contributed by atoms with Crippen LogP contribution in [0.15, 0.2) is 24.5 Å². The molecule has 7 heteroatoms. The van der Waals surface area contributed by atoms with Crippen molar-refractivity contribution in [2.75, 3.05) is 6.54 Å². The number of carbonyl (C=O) groups is 3. The molecule has 6 nitrogen and oxygen atoms in total. The summed E-state index contributed by atoms with van der Waals surface area (Å²) in [5.74, 6) is -0.187. The highest BCUT2D eigenvalue weighted by Gasteiger charge is 2.43. The molecule has 0 spiro atoms. The molecule has 1 aliphatic carbocycles. The Morgan fingerprint density at radius 1 is 1.24 bits per heavy atom. The highest BCUT2D eigenvalue weighted by atomic mass is 19.1. The maximum Gasteiger partial charge on any atom is 0.221 e. The molecule has 2 aromatic rings. The maximum absolute atomic E-state index is 13.1. The van der Waals surface area contributed by atoms with Crippen molar-refractivity contribution >= 4 is 17.5 Å². The van der Waals surface area contributed by atoms with E-state index in [1.165, 1.54) is 0 Å². The predicted molar refractivity (Wildman–Crippen MR) is 104 cm³/mol. The zero-order valence-electron chi connectivity index (χ0n) is 16.2. The van der Waals surface area contributed by atoms with E-state index < -0.39 is 17.7 Å². The smallest absolute Gasteiger partial charge is 0.221 e. The van der Waals surface area contributed by atoms with Gasteiger partial charge in [-0.2, -0.15) is 0 Å². The number of aromatic nitrogens is 2. The fourth-order valence-corrected chi connectivity index (χ4v) is 3.80. The van der Waals surface area contributed by atoms with Crippen LogP contribution >= 0.6 is 0 Å². The largest absolute Gasteiger partial charge is 0.345 e. The molecule has 1 heterocycles. The molecule has 1 aromatic heterocycles. The number of nitrogens with one attached hydrogen (secondary N) is 1. The van der Waals surface area contributed by atoms with Gasteiger partial charge in [-0.05, 0) is 42.7 Å². The summed E-state index contributed by atoms with van der Waals surface area (Å²) in [5, 5.41) is 2.52. The number of amides is 1. The average molecular weight is 393 g/mol. The molecule has 1 aliphatic rings. The summed E-state index contributed by atoms with van der Waals surface area (Å²) >= 11 is 0. The molecule has 1 amide bonds. The van der Waals surface area contributed by atoms with Crippen LogP contribution in [0.1, 0.15) is 35.4 Å². The van der Waals surface area contributed by atoms with Crippen LogP contribution in [0.25, 0.3) is 11.4 Å². The second-order valence-corrected chi connectivity index (χ2v) is 7.14. The fraction of sp³-hybridized carbons (Fsp3) is 0.318. The second kappa shape index (κ2) is 8.31. The molecular formula is C22H20FN3O3. The Balaban J connectivity index is 1.87. The number of hydrogen-bond donors (Lipinski definition) is 1. The topological polar surface area (TPSA) is 89.0 Å². The van der Waals surface area contributed by atoms with E-state index in [-0.39, 0.29) is 36.9 Å². The molecule has 0 radical (unpaired) electrons. The number of benzene rings is 1. The van der Waals surface area contributed by atoms with Crippen LogP contribution in [0.3, 0.4) is 0 Å². The number of rotatable bonds is 5. The van der Waals surface area contributed by atoms with Gasteiger partial charge >= 0.3 is 0 Å². The number of Topliss-reactive ketones (excluding diaryl/α,β-unsaturated/α-hetero) is 2. The quantitative estimate of drug-likeness (QED) is 0.622. The first kappa shape index (κ1) is 20.3. The number of nitrogens with zero attached hydrogens (tertiary/aromatic N) is 2. The van der Waals surface area contributed by atoms with Crippen LogP contribution in [0, 0.1) is 37.9 Å². The summed E-state index contributed by atoms with van der Waals surface area (Å²) in [6.45, 7) is 3.70. The third-order valence-corrected chi connectivity index (χ3v) is 5.04. The summed E-state index contributed by atoms with van der Waals surface area (Å²) in [6.07, 6.45) is 7.27. The summed E-state index contributed by atoms with van der Waals surface area (Å²) in [7, 11) is 0. The molecule has 2 unspecified atom stereocenters. The summed E-state index contributed by atoms with van der Waals surface area (Å²) in [5.41, 5.74) is 2.82. The number of halogens is 1. The van der Waals surface area contributed by atoms with Gasteiger partial charge in [0.15, 0.2) is 17.4 Å². The van der Waals surface area contributed by atoms with Gasteiger partial charge < -0.3 is 5.32 Å². The first-order valence-corrected chi connectivity index (χ1v) is 9.17. The van der Waals surface area contributed by atoms with Crippen molar-refractivity contribution < 1.29 is 18.8 Å². The second-order valence-electron chi connectivity index (χ2n) is 7.14. The maximum atomic E-state index is 13.1. The Morgan fingerprint density at radius 2 is 1.86 bits per heavy atom. The normalized spacial score (nSPS) is 18.6. The van der Waals surface area contributed by atoms with Crippen molar-refractivity contribution in [3.8, 4) is 23.7 Å². The van der Waals surface area contributed by atoms with Crippen molar-refractivity contribution in [2.45, 2.75) is 32.6 Å². The van der Waals surface area contributed by atoms with Crippen molar-refractivity contribution in [1.82, 2.24) is 15.3 Å². The van der Waals surface area contributed by atoms with Crippen LogP contribution in [-0.2, 0) is 14.4 Å². The van der Waals surface area contributed by atoms with E-state index in [1.807, 2.05) is 13.8 Å². The Labute approximate surface area is 168 Å². The molecule has 0 aliphatic heterocycles. The van der Waals surface area contributed by atoms with Gasteiger partial charge in [0.05, 0.1) is 18.9 Å². The number of hydrogen-bond acceptors (Lipinski definition) is 5. The lowest BCUT2D eigenvalue weighted by Gasteiger charge is -2.17. The lowest BCUT2D eigenvalue weighted by molar-refractivity contribution is -0.128. The van der Waals surface area contributed by atoms with Crippen molar-refractivity contribution in [3.63, 3.8) is 0 Å². The van der Waals surface area contributed by atoms with Crippen molar-refractivity contribution in [2.24, 2.45) is 5.92 Å². The van der Waals surface area contributed by atoms with Gasteiger partial charge in [0.2, 0.25) is 5.91 Å². The van der Waals surface area contributed by atoms with E-state index in [2.05, 4.69) is 21.2 Å². The minimum absolute atomic E-state index is 0.0364. The monoisotopic (exact) mass is 393 g/mol. The summed E-state index contributed by atoms with van der Waals surface area (Å²) < 4.78 is 13.1. The molecule has 148 valence electrons. The Morgan fingerprint density at radius 3 is 2.45 bits per heavy atom. The molecule has 1 fully saturated rings. The Kier molecular flexibility index (Phi) is 5.83. The number of terminal acetylenes is 1. The van der Waals surface area contributed by atoms with Gasteiger partial charge in [-0.3, -0.25) is 14.4 Å². The Hall–Kier alpha value is -3.40. The Bertz CT molecular complexity index is 1000. The highest BCUT2D eigenvalue weighted by molar-refractivity contribution is 6.15. The molecule has 29 heavy (non-hydrogen) atoms. The van der Waals surface area contributed by atoms with Crippen molar-refractivity contribution in [1.29, 1.82) is 0 Å². The molecule has 1 aromatic carbocycles. The average Bonchev–Trinajstić information content (AvgIpc) is 2.94. The van der Waals surface area contributed by atoms with Crippen LogP contribution < -0.4 is 5.32 Å². The standard InChI is InChI=1S/C22H20FN3O3/c1-4-5-24-18(28)9-14-8-17(27)20(21(14)29)19-12(2)6-15(7-13(19)3)22-25-10-16(23)11-26-22/h1,6-7,10-11,14,20H,5,8-9H2,2-3H3,(H,24,28). The van der Waals surface area contributed by atoms with Crippen LogP contribution in [0.4, 0.5) is 4.39 Å². The van der Waals surface area contributed by atoms with E-state index in [1.54, 1.807) is 12.1 Å². The third kappa shape index (κ3) is 4.21. The summed E-state index contributed by atoms with van der Waals surface area (Å²) in [4.78, 5) is 45.4. The fourth-order valence-electron chi connectivity index (χ4n) is 3.80. The zero-order valence-corrected chi connectivity index (χ0v) is 16.2. The lowest BCUT2D eigenvalue weighted by Crippen LogP contribution is -2.27. The molecule has 0 bridgehead atoms. The van der Waals surface area contributed by atoms with Gasteiger partial charge in [-0.1, -0.05) is 5.92 Å². The van der Waals surface area contributed by atoms with Gasteiger partial charge in [-0.15, -0.1) is 6.42 Å². The number of ketones is 2.